The molecule has 0 saturated carbocycles. The van der Waals surface area contributed by atoms with Gasteiger partial charge >= 0.3 is 5.97 Å². The van der Waals surface area contributed by atoms with Crippen molar-refractivity contribution in [3.63, 3.8) is 0 Å². The van der Waals surface area contributed by atoms with Gasteiger partial charge in [-0.25, -0.2) is 4.79 Å². The van der Waals surface area contributed by atoms with E-state index >= 15 is 0 Å². The van der Waals surface area contributed by atoms with Gasteiger partial charge in [0.1, 0.15) is 0 Å². The lowest BCUT2D eigenvalue weighted by Gasteiger charge is -2.06. The summed E-state index contributed by atoms with van der Waals surface area (Å²) in [5.74, 6) is -1.31. The molecule has 2 aromatic rings. The van der Waals surface area contributed by atoms with Gasteiger partial charge in [0.05, 0.1) is 0 Å². The summed E-state index contributed by atoms with van der Waals surface area (Å²) in [5, 5.41) is 11.9. The first kappa shape index (κ1) is 14.8. The van der Waals surface area contributed by atoms with Crippen LogP contribution in [0, 0.1) is 0 Å². The number of benzene rings is 2. The number of halogens is 1. The second-order valence-corrected chi connectivity index (χ2v) is 4.69. The van der Waals surface area contributed by atoms with E-state index in [4.69, 9.17) is 16.7 Å². The van der Waals surface area contributed by atoms with Crippen LogP contribution in [0.1, 0.15) is 15.9 Å². The van der Waals surface area contributed by atoms with Crippen LogP contribution in [0.25, 0.3) is 6.08 Å². The Morgan fingerprint density at radius 3 is 2.48 bits per heavy atom. The van der Waals surface area contributed by atoms with Crippen LogP contribution in [0.2, 0.25) is 5.02 Å². The van der Waals surface area contributed by atoms with Gasteiger partial charge in [0.2, 0.25) is 0 Å². The highest BCUT2D eigenvalue weighted by Gasteiger charge is 2.06. The molecule has 2 N–H and O–H groups in total. The Morgan fingerprint density at radius 2 is 1.81 bits per heavy atom. The summed E-state index contributed by atoms with van der Waals surface area (Å²) in [4.78, 5) is 22.6. The first-order valence-electron chi connectivity index (χ1n) is 6.12. The molecule has 0 fully saturated rings. The molecule has 0 atom stereocenters. The van der Waals surface area contributed by atoms with Gasteiger partial charge in [-0.3, -0.25) is 4.79 Å². The predicted octanol–water partition coefficient (Wildman–Crippen LogP) is 3.69. The summed E-state index contributed by atoms with van der Waals surface area (Å²) in [7, 11) is 0. The zero-order valence-electron chi connectivity index (χ0n) is 10.9. The van der Waals surface area contributed by atoms with Crippen molar-refractivity contribution < 1.29 is 14.7 Å². The predicted molar refractivity (Wildman–Crippen MR) is 82.5 cm³/mol. The van der Waals surface area contributed by atoms with E-state index in [9.17, 15) is 9.59 Å². The zero-order chi connectivity index (χ0) is 15.2. The molecule has 21 heavy (non-hydrogen) atoms. The van der Waals surface area contributed by atoms with Gasteiger partial charge in [0.15, 0.2) is 0 Å². The lowest BCUT2D eigenvalue weighted by atomic mass is 10.1. The number of aliphatic carboxylic acids is 1. The topological polar surface area (TPSA) is 66.4 Å². The van der Waals surface area contributed by atoms with Crippen molar-refractivity contribution in [3.8, 4) is 0 Å². The maximum atomic E-state index is 12.1. The molecule has 0 saturated heterocycles. The number of amides is 1. The number of anilines is 1. The molecule has 0 aliphatic heterocycles. The van der Waals surface area contributed by atoms with Crippen LogP contribution in [0.4, 0.5) is 5.69 Å². The van der Waals surface area contributed by atoms with E-state index in [-0.39, 0.29) is 5.91 Å². The molecule has 2 aromatic carbocycles. The highest BCUT2D eigenvalue weighted by atomic mass is 35.5. The van der Waals surface area contributed by atoms with E-state index in [1.54, 1.807) is 48.5 Å². The second-order valence-electron chi connectivity index (χ2n) is 4.26. The Bertz CT molecular complexity index is 693. The van der Waals surface area contributed by atoms with Gasteiger partial charge < -0.3 is 10.4 Å². The fourth-order valence-electron chi connectivity index (χ4n) is 1.69. The average molecular weight is 302 g/mol. The Morgan fingerprint density at radius 1 is 1.10 bits per heavy atom. The molecular formula is C16H12ClNO3. The van der Waals surface area contributed by atoms with Crippen LogP contribution in [0.15, 0.2) is 54.6 Å². The Kier molecular flexibility index (Phi) is 4.74. The first-order valence-corrected chi connectivity index (χ1v) is 6.50. The number of carbonyl (C=O) groups excluding carboxylic acids is 1. The minimum Gasteiger partial charge on any atom is -0.478 e. The molecule has 0 radical (unpaired) electrons. The average Bonchev–Trinajstić information content (AvgIpc) is 2.48. The van der Waals surface area contributed by atoms with E-state index in [0.29, 0.717) is 21.8 Å². The minimum atomic E-state index is -1.04. The van der Waals surface area contributed by atoms with Gasteiger partial charge in [-0.15, -0.1) is 0 Å². The summed E-state index contributed by atoms with van der Waals surface area (Å²) in [6.45, 7) is 0. The monoisotopic (exact) mass is 301 g/mol. The van der Waals surface area contributed by atoms with Crippen LogP contribution >= 0.6 is 11.6 Å². The van der Waals surface area contributed by atoms with E-state index < -0.39 is 5.97 Å². The molecule has 106 valence electrons. The normalized spacial score (nSPS) is 10.5. The van der Waals surface area contributed by atoms with Crippen molar-refractivity contribution in [3.05, 3.63) is 70.8 Å². The third-order valence-corrected chi connectivity index (χ3v) is 2.92. The quantitative estimate of drug-likeness (QED) is 0.846. The Hall–Kier alpha value is -2.59. The van der Waals surface area contributed by atoms with E-state index in [1.807, 2.05) is 0 Å². The number of carbonyl (C=O) groups is 2. The van der Waals surface area contributed by atoms with Crippen LogP contribution in [-0.4, -0.2) is 17.0 Å². The standard InChI is InChI=1S/C16H12ClNO3/c17-13-5-7-14(8-6-13)18-16(21)12-3-1-2-11(10-12)4-9-15(19)20/h1-10H,(H,18,21)(H,19,20)/b9-4+. The van der Waals surface area contributed by atoms with Gasteiger partial charge in [-0.05, 0) is 48.0 Å². The number of hydrogen-bond acceptors (Lipinski definition) is 2. The molecule has 5 heteroatoms. The molecule has 1 amide bonds. The first-order chi connectivity index (χ1) is 10.0. The molecule has 0 heterocycles. The summed E-state index contributed by atoms with van der Waals surface area (Å²) in [6.07, 6.45) is 2.46. The summed E-state index contributed by atoms with van der Waals surface area (Å²) in [6, 6.07) is 13.5. The molecule has 0 aromatic heterocycles. The molecule has 0 aliphatic rings. The molecule has 0 aliphatic carbocycles. The fourth-order valence-corrected chi connectivity index (χ4v) is 1.81. The van der Waals surface area contributed by atoms with Gasteiger partial charge in [-0.2, -0.15) is 0 Å². The number of nitrogens with one attached hydrogen (secondary N) is 1. The fraction of sp³-hybridized carbons (Fsp3) is 0. The van der Waals surface area contributed by atoms with Gasteiger partial charge in [0.25, 0.3) is 5.91 Å². The van der Waals surface area contributed by atoms with Crippen molar-refractivity contribution in [1.29, 1.82) is 0 Å². The minimum absolute atomic E-state index is 0.275. The lowest BCUT2D eigenvalue weighted by molar-refractivity contribution is -0.131. The maximum absolute atomic E-state index is 12.1. The highest BCUT2D eigenvalue weighted by molar-refractivity contribution is 6.30. The number of carboxylic acid groups (broad SMARTS) is 1. The summed E-state index contributed by atoms with van der Waals surface area (Å²) >= 11 is 5.78. The zero-order valence-corrected chi connectivity index (χ0v) is 11.7. The second kappa shape index (κ2) is 6.72. The lowest BCUT2D eigenvalue weighted by Crippen LogP contribution is -2.11. The molecular weight excluding hydrogens is 290 g/mol. The van der Waals surface area contributed by atoms with Crippen molar-refractivity contribution in [1.82, 2.24) is 0 Å². The Labute approximate surface area is 126 Å². The largest absolute Gasteiger partial charge is 0.478 e. The van der Waals surface area contributed by atoms with Crippen molar-refractivity contribution in [2.24, 2.45) is 0 Å². The smallest absolute Gasteiger partial charge is 0.328 e. The van der Waals surface area contributed by atoms with Crippen molar-refractivity contribution >= 4 is 35.2 Å². The third kappa shape index (κ3) is 4.47. The maximum Gasteiger partial charge on any atom is 0.328 e. The van der Waals surface area contributed by atoms with E-state index in [1.165, 1.54) is 6.08 Å². The van der Waals surface area contributed by atoms with Gasteiger partial charge in [0, 0.05) is 22.3 Å². The van der Waals surface area contributed by atoms with Crippen LogP contribution in [-0.2, 0) is 4.79 Å². The highest BCUT2D eigenvalue weighted by Crippen LogP contribution is 2.15. The molecule has 0 spiro atoms. The van der Waals surface area contributed by atoms with Crippen LogP contribution < -0.4 is 5.32 Å². The molecule has 2 rings (SSSR count). The van der Waals surface area contributed by atoms with Crippen molar-refractivity contribution in [2.45, 2.75) is 0 Å². The SMILES string of the molecule is O=C(O)/C=C/c1cccc(C(=O)Nc2ccc(Cl)cc2)c1. The number of hydrogen-bond donors (Lipinski definition) is 2. The summed E-state index contributed by atoms with van der Waals surface area (Å²) in [5.41, 5.74) is 1.72. The molecule has 0 unspecified atom stereocenters. The molecule has 4 nitrogen and oxygen atoms in total. The van der Waals surface area contributed by atoms with E-state index in [2.05, 4.69) is 5.32 Å². The number of rotatable bonds is 4. The molecule has 0 bridgehead atoms. The van der Waals surface area contributed by atoms with E-state index in [0.717, 1.165) is 6.08 Å². The van der Waals surface area contributed by atoms with Crippen LogP contribution in [0.5, 0.6) is 0 Å². The van der Waals surface area contributed by atoms with Crippen molar-refractivity contribution in [2.75, 3.05) is 5.32 Å². The third-order valence-electron chi connectivity index (χ3n) is 2.67. The number of carboxylic acids is 1. The Balaban J connectivity index is 2.14. The van der Waals surface area contributed by atoms with Crippen LogP contribution in [0.3, 0.4) is 0 Å². The summed E-state index contributed by atoms with van der Waals surface area (Å²) < 4.78 is 0. The van der Waals surface area contributed by atoms with Gasteiger partial charge in [-0.1, -0.05) is 23.7 Å².